The van der Waals surface area contributed by atoms with Crippen LogP contribution in [0.3, 0.4) is 0 Å². The number of aromatic nitrogens is 2. The van der Waals surface area contributed by atoms with Gasteiger partial charge in [-0.15, -0.1) is 0 Å². The molecular formula is C15H17N3O2S. The Hall–Kier alpha value is -1.79. The van der Waals surface area contributed by atoms with Crippen LogP contribution >= 0.6 is 11.8 Å². The molecule has 21 heavy (non-hydrogen) atoms. The second-order valence-electron chi connectivity index (χ2n) is 4.70. The Morgan fingerprint density at radius 2 is 2.19 bits per heavy atom. The van der Waals surface area contributed by atoms with Gasteiger partial charge in [0.05, 0.1) is 11.4 Å². The van der Waals surface area contributed by atoms with Gasteiger partial charge in [-0.2, -0.15) is 16.9 Å². The molecule has 6 heteroatoms. The number of nitrogens with zero attached hydrogens (tertiary/aromatic N) is 2. The number of hydrogen-bond acceptors (Lipinski definition) is 4. The monoisotopic (exact) mass is 303 g/mol. The normalized spacial score (nSPS) is 13.2. The Labute approximate surface area is 127 Å². The molecule has 0 radical (unpaired) electrons. The summed E-state index contributed by atoms with van der Waals surface area (Å²) >= 11 is 1.81. The van der Waals surface area contributed by atoms with E-state index in [0.29, 0.717) is 6.61 Å². The zero-order valence-electron chi connectivity index (χ0n) is 11.8. The van der Waals surface area contributed by atoms with Crippen LogP contribution in [0.25, 0.3) is 5.69 Å². The van der Waals surface area contributed by atoms with Crippen molar-refractivity contribution in [1.82, 2.24) is 9.78 Å². The second kappa shape index (κ2) is 6.32. The molecule has 0 aliphatic carbocycles. The summed E-state index contributed by atoms with van der Waals surface area (Å²) in [4.78, 5) is 12.0. The molecular weight excluding hydrogens is 286 g/mol. The number of carbonyl (C=O) groups excluding carboxylic acids is 1. The molecule has 1 N–H and O–H groups in total. The molecule has 1 aliphatic rings. The Balaban J connectivity index is 1.92. The van der Waals surface area contributed by atoms with Crippen molar-refractivity contribution < 1.29 is 9.53 Å². The highest BCUT2D eigenvalue weighted by Gasteiger charge is 2.24. The van der Waals surface area contributed by atoms with Gasteiger partial charge in [0.2, 0.25) is 0 Å². The van der Waals surface area contributed by atoms with Crippen molar-refractivity contribution in [2.24, 2.45) is 0 Å². The minimum atomic E-state index is -0.145. The summed E-state index contributed by atoms with van der Waals surface area (Å²) in [6.45, 7) is 2.47. The van der Waals surface area contributed by atoms with E-state index in [0.717, 1.165) is 34.3 Å². The van der Waals surface area contributed by atoms with Crippen molar-refractivity contribution in [3.8, 4) is 5.69 Å². The zero-order chi connectivity index (χ0) is 14.7. The average molecular weight is 303 g/mol. The van der Waals surface area contributed by atoms with Crippen molar-refractivity contribution in [1.29, 1.82) is 0 Å². The number of amides is 1. The minimum absolute atomic E-state index is 0.0678. The Bertz CT molecular complexity index is 640. The molecule has 0 bridgehead atoms. The summed E-state index contributed by atoms with van der Waals surface area (Å²) in [5, 5.41) is 7.58. The zero-order valence-corrected chi connectivity index (χ0v) is 12.7. The number of thioether (sulfide) groups is 1. The fraction of sp³-hybridized carbons (Fsp3) is 0.333. The molecule has 0 unspecified atom stereocenters. The average Bonchev–Trinajstić information content (AvgIpc) is 3.09. The van der Waals surface area contributed by atoms with Gasteiger partial charge >= 0.3 is 0 Å². The van der Waals surface area contributed by atoms with Crippen LogP contribution in [0, 0.1) is 0 Å². The van der Waals surface area contributed by atoms with Crippen LogP contribution in [-0.4, -0.2) is 28.9 Å². The van der Waals surface area contributed by atoms with Crippen LogP contribution in [0.4, 0.5) is 5.82 Å². The highest BCUT2D eigenvalue weighted by molar-refractivity contribution is 7.98. The first kappa shape index (κ1) is 14.2. The van der Waals surface area contributed by atoms with E-state index in [1.807, 2.05) is 53.7 Å². The lowest BCUT2D eigenvalue weighted by Crippen LogP contribution is -2.21. The van der Waals surface area contributed by atoms with Gasteiger partial charge in [0.15, 0.2) is 0 Å². The first-order valence-electron chi connectivity index (χ1n) is 6.91. The van der Waals surface area contributed by atoms with Gasteiger partial charge in [0.1, 0.15) is 12.4 Å². The number of nitrogens with one attached hydrogen (secondary N) is 1. The fourth-order valence-electron chi connectivity index (χ4n) is 2.26. The lowest BCUT2D eigenvalue weighted by atomic mass is 10.2. The highest BCUT2D eigenvalue weighted by atomic mass is 32.2. The number of ether oxygens (including phenoxy) is 1. The smallest absolute Gasteiger partial charge is 0.251 e. The molecule has 1 aromatic heterocycles. The van der Waals surface area contributed by atoms with Gasteiger partial charge in [-0.05, 0) is 19.1 Å². The summed E-state index contributed by atoms with van der Waals surface area (Å²) in [6.07, 6.45) is 0. The SMILES string of the molecule is CCOCC(=O)Nc1c2c(nn1-c1ccccc1)CSC2. The molecule has 0 saturated heterocycles. The van der Waals surface area contributed by atoms with E-state index in [4.69, 9.17) is 4.74 Å². The predicted molar refractivity (Wildman–Crippen MR) is 83.7 cm³/mol. The van der Waals surface area contributed by atoms with Gasteiger partial charge < -0.3 is 10.1 Å². The Kier molecular flexibility index (Phi) is 4.26. The number of benzene rings is 1. The van der Waals surface area contributed by atoms with Crippen LogP contribution in [-0.2, 0) is 21.0 Å². The molecule has 5 nitrogen and oxygen atoms in total. The first-order valence-corrected chi connectivity index (χ1v) is 8.06. The fourth-order valence-corrected chi connectivity index (χ4v) is 3.30. The van der Waals surface area contributed by atoms with E-state index in [9.17, 15) is 4.79 Å². The maximum absolute atomic E-state index is 12.0. The van der Waals surface area contributed by atoms with E-state index >= 15 is 0 Å². The molecule has 1 aromatic carbocycles. The predicted octanol–water partition coefficient (Wildman–Crippen LogP) is 2.59. The Morgan fingerprint density at radius 1 is 1.38 bits per heavy atom. The molecule has 3 rings (SSSR count). The third-order valence-electron chi connectivity index (χ3n) is 3.25. The molecule has 1 amide bonds. The third kappa shape index (κ3) is 2.96. The summed E-state index contributed by atoms with van der Waals surface area (Å²) in [5.74, 6) is 2.40. The largest absolute Gasteiger partial charge is 0.372 e. The minimum Gasteiger partial charge on any atom is -0.372 e. The van der Waals surface area contributed by atoms with Gasteiger partial charge in [0.25, 0.3) is 5.91 Å². The van der Waals surface area contributed by atoms with E-state index in [1.54, 1.807) is 0 Å². The molecule has 0 fully saturated rings. The molecule has 0 spiro atoms. The Morgan fingerprint density at radius 3 is 2.95 bits per heavy atom. The van der Waals surface area contributed by atoms with Crippen LogP contribution < -0.4 is 5.32 Å². The van der Waals surface area contributed by atoms with Crippen LogP contribution in [0.15, 0.2) is 30.3 Å². The molecule has 0 atom stereocenters. The number of anilines is 1. The number of carbonyl (C=O) groups is 1. The molecule has 2 heterocycles. The van der Waals surface area contributed by atoms with Gasteiger partial charge in [-0.3, -0.25) is 4.79 Å². The lowest BCUT2D eigenvalue weighted by Gasteiger charge is -2.10. The molecule has 110 valence electrons. The summed E-state index contributed by atoms with van der Waals surface area (Å²) < 4.78 is 6.98. The van der Waals surface area contributed by atoms with Crippen molar-refractivity contribution in [2.45, 2.75) is 18.4 Å². The lowest BCUT2D eigenvalue weighted by molar-refractivity contribution is -0.120. The summed E-state index contributed by atoms with van der Waals surface area (Å²) in [6, 6.07) is 9.84. The van der Waals surface area contributed by atoms with Crippen molar-refractivity contribution in [2.75, 3.05) is 18.5 Å². The second-order valence-corrected chi connectivity index (χ2v) is 5.68. The summed E-state index contributed by atoms with van der Waals surface area (Å²) in [5.41, 5.74) is 3.12. The maximum atomic E-state index is 12.0. The standard InChI is InChI=1S/C15H17N3O2S/c1-2-20-8-14(19)16-15-12-9-21-10-13(12)17-18(15)11-6-4-3-5-7-11/h3-7H,2,8-10H2,1H3,(H,16,19). The van der Waals surface area contributed by atoms with E-state index in [-0.39, 0.29) is 12.5 Å². The van der Waals surface area contributed by atoms with Crippen molar-refractivity contribution in [3.63, 3.8) is 0 Å². The molecule has 1 aliphatic heterocycles. The number of hydrogen-bond donors (Lipinski definition) is 1. The van der Waals surface area contributed by atoms with Crippen LogP contribution in [0.1, 0.15) is 18.2 Å². The van der Waals surface area contributed by atoms with Crippen molar-refractivity contribution in [3.05, 3.63) is 41.6 Å². The quantitative estimate of drug-likeness (QED) is 0.922. The molecule has 0 saturated carbocycles. The van der Waals surface area contributed by atoms with Crippen LogP contribution in [0.2, 0.25) is 0 Å². The van der Waals surface area contributed by atoms with Crippen molar-refractivity contribution >= 4 is 23.5 Å². The number of rotatable bonds is 5. The number of para-hydroxylation sites is 1. The van der Waals surface area contributed by atoms with E-state index in [2.05, 4.69) is 10.4 Å². The maximum Gasteiger partial charge on any atom is 0.251 e. The highest BCUT2D eigenvalue weighted by Crippen LogP contribution is 2.35. The topological polar surface area (TPSA) is 56.1 Å². The number of fused-ring (bicyclic) bond motifs is 1. The third-order valence-corrected chi connectivity index (χ3v) is 4.22. The van der Waals surface area contributed by atoms with Crippen LogP contribution in [0.5, 0.6) is 0 Å². The van der Waals surface area contributed by atoms with Gasteiger partial charge in [-0.25, -0.2) is 4.68 Å². The van der Waals surface area contributed by atoms with E-state index in [1.165, 1.54) is 0 Å². The van der Waals surface area contributed by atoms with E-state index < -0.39 is 0 Å². The first-order chi connectivity index (χ1) is 10.3. The van der Waals surface area contributed by atoms with Gasteiger partial charge in [-0.1, -0.05) is 18.2 Å². The summed E-state index contributed by atoms with van der Waals surface area (Å²) in [7, 11) is 0. The molecule has 2 aromatic rings. The van der Waals surface area contributed by atoms with Gasteiger partial charge in [0, 0.05) is 23.7 Å².